The zero-order valence-electron chi connectivity index (χ0n) is 8.12. The van der Waals surface area contributed by atoms with Crippen molar-refractivity contribution in [3.63, 3.8) is 0 Å². The molecule has 0 unspecified atom stereocenters. The summed E-state index contributed by atoms with van der Waals surface area (Å²) in [4.78, 5) is -1.21. The Morgan fingerprint density at radius 3 is 2.28 bits per heavy atom. The Kier molecular flexibility index (Phi) is 3.73. The predicted octanol–water partition coefficient (Wildman–Crippen LogP) is 2.52. The molecule has 0 heterocycles. The standard InChI is InChI=1S/C8H2ClF4NO3S/c9-18(15,16)7-2-5(10)4(3-14)1-6(7)17-8(11,12)13/h1-2H. The van der Waals surface area contributed by atoms with Gasteiger partial charge in [-0.3, -0.25) is 0 Å². The first-order valence-electron chi connectivity index (χ1n) is 3.98. The molecule has 0 atom stereocenters. The first-order chi connectivity index (χ1) is 8.04. The van der Waals surface area contributed by atoms with Gasteiger partial charge in [0.1, 0.15) is 16.8 Å². The van der Waals surface area contributed by atoms with Crippen LogP contribution in [0.1, 0.15) is 5.56 Å². The fourth-order valence-electron chi connectivity index (χ4n) is 1.02. The summed E-state index contributed by atoms with van der Waals surface area (Å²) in [5, 5.41) is 8.43. The van der Waals surface area contributed by atoms with Gasteiger partial charge in [-0.05, 0) is 6.07 Å². The van der Waals surface area contributed by atoms with E-state index < -0.39 is 37.4 Å². The number of benzene rings is 1. The van der Waals surface area contributed by atoms with Crippen molar-refractivity contribution < 1.29 is 30.7 Å². The molecular weight excluding hydrogens is 302 g/mol. The molecule has 98 valence electrons. The number of nitriles is 1. The van der Waals surface area contributed by atoms with Gasteiger partial charge in [-0.2, -0.15) is 5.26 Å². The Labute approximate surface area is 103 Å². The molecule has 0 fully saturated rings. The Balaban J connectivity index is 3.52. The third kappa shape index (κ3) is 3.48. The molecule has 0 aliphatic rings. The number of ether oxygens (including phenoxy) is 1. The predicted molar refractivity (Wildman–Crippen MR) is 50.8 cm³/mol. The molecule has 0 saturated carbocycles. The van der Waals surface area contributed by atoms with E-state index in [-0.39, 0.29) is 6.07 Å². The maximum atomic E-state index is 13.1. The monoisotopic (exact) mass is 303 g/mol. The number of halogens is 5. The molecule has 10 heteroatoms. The van der Waals surface area contributed by atoms with Crippen molar-refractivity contribution in [2.24, 2.45) is 0 Å². The van der Waals surface area contributed by atoms with E-state index in [0.29, 0.717) is 6.07 Å². The summed E-state index contributed by atoms with van der Waals surface area (Å²) >= 11 is 0. The number of alkyl halides is 3. The van der Waals surface area contributed by atoms with E-state index >= 15 is 0 Å². The molecule has 18 heavy (non-hydrogen) atoms. The lowest BCUT2D eigenvalue weighted by atomic mass is 10.2. The minimum absolute atomic E-state index is 0.183. The second kappa shape index (κ2) is 4.62. The third-order valence-corrected chi connectivity index (χ3v) is 2.99. The Bertz CT molecular complexity index is 620. The van der Waals surface area contributed by atoms with E-state index in [4.69, 9.17) is 15.9 Å². The van der Waals surface area contributed by atoms with Crippen LogP contribution < -0.4 is 4.74 Å². The smallest absolute Gasteiger partial charge is 0.404 e. The van der Waals surface area contributed by atoms with Gasteiger partial charge < -0.3 is 4.74 Å². The Morgan fingerprint density at radius 2 is 1.89 bits per heavy atom. The summed E-state index contributed by atoms with van der Waals surface area (Å²) in [6.45, 7) is 0. The van der Waals surface area contributed by atoms with Crippen LogP contribution in [-0.2, 0) is 9.05 Å². The lowest BCUT2D eigenvalue weighted by molar-refractivity contribution is -0.275. The molecule has 1 rings (SSSR count). The zero-order valence-corrected chi connectivity index (χ0v) is 9.70. The lowest BCUT2D eigenvalue weighted by Crippen LogP contribution is -2.18. The van der Waals surface area contributed by atoms with Gasteiger partial charge in [0, 0.05) is 16.7 Å². The molecule has 0 aliphatic carbocycles. The summed E-state index contributed by atoms with van der Waals surface area (Å²) in [5.41, 5.74) is -0.807. The van der Waals surface area contributed by atoms with E-state index in [1.165, 1.54) is 6.07 Å². The highest BCUT2D eigenvalue weighted by Crippen LogP contribution is 2.33. The fourth-order valence-corrected chi connectivity index (χ4v) is 1.96. The second-order valence-corrected chi connectivity index (χ2v) is 5.41. The van der Waals surface area contributed by atoms with Crippen LogP contribution in [0.25, 0.3) is 0 Å². The van der Waals surface area contributed by atoms with Gasteiger partial charge >= 0.3 is 6.36 Å². The van der Waals surface area contributed by atoms with Gasteiger partial charge in [0.05, 0.1) is 5.56 Å². The number of hydrogen-bond acceptors (Lipinski definition) is 4. The quantitative estimate of drug-likeness (QED) is 0.622. The highest BCUT2D eigenvalue weighted by molar-refractivity contribution is 8.13. The lowest BCUT2D eigenvalue weighted by Gasteiger charge is -2.12. The van der Waals surface area contributed by atoms with E-state index in [1.807, 2.05) is 0 Å². The number of rotatable bonds is 2. The van der Waals surface area contributed by atoms with Crippen LogP contribution in [0.2, 0.25) is 0 Å². The van der Waals surface area contributed by atoms with Gasteiger partial charge in [-0.1, -0.05) is 0 Å². The average Bonchev–Trinajstić information content (AvgIpc) is 2.16. The van der Waals surface area contributed by atoms with Crippen LogP contribution in [0.5, 0.6) is 5.75 Å². The maximum absolute atomic E-state index is 13.1. The van der Waals surface area contributed by atoms with Crippen molar-refractivity contribution >= 4 is 19.7 Å². The van der Waals surface area contributed by atoms with Crippen molar-refractivity contribution in [3.8, 4) is 11.8 Å². The second-order valence-electron chi connectivity index (χ2n) is 2.88. The Hall–Kier alpha value is -1.53. The summed E-state index contributed by atoms with van der Waals surface area (Å²) in [6.07, 6.45) is -5.21. The first-order valence-corrected chi connectivity index (χ1v) is 6.29. The minimum atomic E-state index is -5.21. The van der Waals surface area contributed by atoms with E-state index in [1.54, 1.807) is 0 Å². The largest absolute Gasteiger partial charge is 0.573 e. The molecule has 0 aliphatic heterocycles. The van der Waals surface area contributed by atoms with Crippen LogP contribution in [0, 0.1) is 17.1 Å². The number of hydrogen-bond donors (Lipinski definition) is 0. The van der Waals surface area contributed by atoms with Crippen LogP contribution in [0.15, 0.2) is 17.0 Å². The third-order valence-electron chi connectivity index (χ3n) is 1.64. The first kappa shape index (κ1) is 14.5. The van der Waals surface area contributed by atoms with E-state index in [2.05, 4.69) is 4.74 Å². The molecule has 1 aromatic rings. The van der Waals surface area contributed by atoms with Gasteiger partial charge in [0.15, 0.2) is 5.75 Å². The minimum Gasteiger partial charge on any atom is -0.404 e. The van der Waals surface area contributed by atoms with E-state index in [0.717, 1.165) is 0 Å². The molecular formula is C8H2ClF4NO3S. The van der Waals surface area contributed by atoms with Crippen LogP contribution in [0.4, 0.5) is 17.6 Å². The summed E-state index contributed by atoms with van der Waals surface area (Å²) < 4.78 is 74.4. The van der Waals surface area contributed by atoms with Crippen LogP contribution in [-0.4, -0.2) is 14.8 Å². The average molecular weight is 304 g/mol. The summed E-state index contributed by atoms with van der Waals surface area (Å²) in [6, 6.07) is 1.73. The van der Waals surface area contributed by atoms with Crippen molar-refractivity contribution in [1.29, 1.82) is 5.26 Å². The highest BCUT2D eigenvalue weighted by atomic mass is 35.7. The van der Waals surface area contributed by atoms with Crippen molar-refractivity contribution in [2.45, 2.75) is 11.3 Å². The molecule has 0 spiro atoms. The molecule has 0 N–H and O–H groups in total. The normalized spacial score (nSPS) is 12.0. The zero-order chi connectivity index (χ0) is 14.1. The maximum Gasteiger partial charge on any atom is 0.573 e. The van der Waals surface area contributed by atoms with Gasteiger partial charge in [-0.25, -0.2) is 12.8 Å². The van der Waals surface area contributed by atoms with Crippen molar-refractivity contribution in [1.82, 2.24) is 0 Å². The van der Waals surface area contributed by atoms with E-state index in [9.17, 15) is 26.0 Å². The molecule has 1 aromatic carbocycles. The topological polar surface area (TPSA) is 67.2 Å². The van der Waals surface area contributed by atoms with Crippen LogP contribution >= 0.6 is 10.7 Å². The molecule has 0 amide bonds. The van der Waals surface area contributed by atoms with Crippen molar-refractivity contribution in [2.75, 3.05) is 0 Å². The molecule has 0 aromatic heterocycles. The van der Waals surface area contributed by atoms with Gasteiger partial charge in [0.2, 0.25) is 0 Å². The van der Waals surface area contributed by atoms with Gasteiger partial charge in [-0.15, -0.1) is 13.2 Å². The Morgan fingerprint density at radius 1 is 1.33 bits per heavy atom. The number of nitrogens with zero attached hydrogens (tertiary/aromatic N) is 1. The summed E-state index contributed by atoms with van der Waals surface area (Å²) in [7, 11) is 0.180. The van der Waals surface area contributed by atoms with Crippen LogP contribution in [0.3, 0.4) is 0 Å². The summed E-state index contributed by atoms with van der Waals surface area (Å²) in [5.74, 6) is -2.60. The fraction of sp³-hybridized carbons (Fsp3) is 0.125. The molecule has 0 radical (unpaired) electrons. The highest BCUT2D eigenvalue weighted by Gasteiger charge is 2.34. The molecule has 0 bridgehead atoms. The molecule has 0 saturated heterocycles. The molecule has 4 nitrogen and oxygen atoms in total. The van der Waals surface area contributed by atoms with Gasteiger partial charge in [0.25, 0.3) is 9.05 Å². The SMILES string of the molecule is N#Cc1cc(OC(F)(F)F)c(S(=O)(=O)Cl)cc1F. The van der Waals surface area contributed by atoms with Crippen molar-refractivity contribution in [3.05, 3.63) is 23.5 Å².